The molecule has 0 aromatic rings. The summed E-state index contributed by atoms with van der Waals surface area (Å²) in [6.45, 7) is 7.26. The van der Waals surface area contributed by atoms with Crippen molar-refractivity contribution in [2.75, 3.05) is 19.7 Å². The van der Waals surface area contributed by atoms with Gasteiger partial charge in [-0.1, -0.05) is 6.92 Å². The van der Waals surface area contributed by atoms with Crippen molar-refractivity contribution in [3.05, 3.63) is 0 Å². The van der Waals surface area contributed by atoms with E-state index in [0.29, 0.717) is 18.6 Å². The van der Waals surface area contributed by atoms with Crippen molar-refractivity contribution < 1.29 is 5.11 Å². The van der Waals surface area contributed by atoms with E-state index in [9.17, 15) is 0 Å². The molecule has 2 fully saturated rings. The molecule has 1 N–H and O–H groups in total. The van der Waals surface area contributed by atoms with E-state index in [1.165, 1.54) is 25.9 Å². The van der Waals surface area contributed by atoms with Gasteiger partial charge in [-0.15, -0.1) is 0 Å². The molecular weight excluding hydrogens is 150 g/mol. The first-order chi connectivity index (χ1) is 5.67. The zero-order valence-corrected chi connectivity index (χ0v) is 8.08. The zero-order chi connectivity index (χ0) is 8.77. The Kier molecular flexibility index (Phi) is 1.92. The Balaban J connectivity index is 1.78. The fraction of sp³-hybridized carbons (Fsp3) is 1.00. The van der Waals surface area contributed by atoms with Gasteiger partial charge in [-0.2, -0.15) is 0 Å². The Morgan fingerprint density at radius 3 is 2.33 bits per heavy atom. The second-order valence-electron chi connectivity index (χ2n) is 4.81. The van der Waals surface area contributed by atoms with Gasteiger partial charge in [-0.25, -0.2) is 0 Å². The van der Waals surface area contributed by atoms with Gasteiger partial charge in [0.25, 0.3) is 0 Å². The molecule has 0 aromatic heterocycles. The molecule has 70 valence electrons. The molecule has 1 aliphatic heterocycles. The van der Waals surface area contributed by atoms with E-state index in [4.69, 9.17) is 5.11 Å². The summed E-state index contributed by atoms with van der Waals surface area (Å²) in [6.07, 6.45) is 2.90. The SMILES string of the molecule is CC(CO)C(C)N1CC2(CC2)C1. The number of rotatable bonds is 3. The average Bonchev–Trinajstić information content (AvgIpc) is 2.78. The Bertz CT molecular complexity index is 169. The molecule has 2 atom stereocenters. The van der Waals surface area contributed by atoms with Crippen LogP contribution < -0.4 is 0 Å². The van der Waals surface area contributed by atoms with E-state index in [0.717, 1.165) is 5.41 Å². The van der Waals surface area contributed by atoms with Gasteiger partial charge in [-0.05, 0) is 31.1 Å². The molecule has 0 aromatic carbocycles. The summed E-state index contributed by atoms with van der Waals surface area (Å²) < 4.78 is 0. The van der Waals surface area contributed by atoms with Gasteiger partial charge in [0, 0.05) is 25.7 Å². The zero-order valence-electron chi connectivity index (χ0n) is 8.08. The van der Waals surface area contributed by atoms with Crippen LogP contribution in [0.1, 0.15) is 26.7 Å². The van der Waals surface area contributed by atoms with Crippen LogP contribution in [0, 0.1) is 11.3 Å². The van der Waals surface area contributed by atoms with Crippen LogP contribution >= 0.6 is 0 Å². The monoisotopic (exact) mass is 169 g/mol. The third kappa shape index (κ3) is 1.27. The van der Waals surface area contributed by atoms with Gasteiger partial charge in [-0.3, -0.25) is 4.90 Å². The van der Waals surface area contributed by atoms with Crippen molar-refractivity contribution in [1.29, 1.82) is 0 Å². The molecule has 2 nitrogen and oxygen atoms in total. The van der Waals surface area contributed by atoms with Gasteiger partial charge in [0.1, 0.15) is 0 Å². The smallest absolute Gasteiger partial charge is 0.0471 e. The predicted octanol–water partition coefficient (Wildman–Crippen LogP) is 1.10. The minimum absolute atomic E-state index is 0.324. The number of hydrogen-bond acceptors (Lipinski definition) is 2. The Morgan fingerprint density at radius 2 is 1.92 bits per heavy atom. The molecule has 0 bridgehead atoms. The number of nitrogens with zero attached hydrogens (tertiary/aromatic N) is 1. The van der Waals surface area contributed by atoms with Crippen LogP contribution in [0.5, 0.6) is 0 Å². The van der Waals surface area contributed by atoms with E-state index in [1.807, 2.05) is 0 Å². The topological polar surface area (TPSA) is 23.5 Å². The average molecular weight is 169 g/mol. The maximum Gasteiger partial charge on any atom is 0.0471 e. The van der Waals surface area contributed by atoms with Crippen molar-refractivity contribution >= 4 is 0 Å². The second kappa shape index (κ2) is 2.71. The molecule has 0 amide bonds. The van der Waals surface area contributed by atoms with Crippen LogP contribution in [0.25, 0.3) is 0 Å². The molecule has 1 aliphatic carbocycles. The molecule has 1 saturated heterocycles. The molecule has 0 radical (unpaired) electrons. The van der Waals surface area contributed by atoms with E-state index >= 15 is 0 Å². The van der Waals surface area contributed by atoms with Crippen molar-refractivity contribution in [1.82, 2.24) is 4.90 Å². The number of likely N-dealkylation sites (tertiary alicyclic amines) is 1. The molecule has 1 heterocycles. The summed E-state index contributed by atoms with van der Waals surface area (Å²) >= 11 is 0. The van der Waals surface area contributed by atoms with Crippen molar-refractivity contribution in [3.8, 4) is 0 Å². The fourth-order valence-electron chi connectivity index (χ4n) is 2.11. The number of aliphatic hydroxyl groups excluding tert-OH is 1. The third-order valence-electron chi connectivity index (χ3n) is 3.72. The lowest BCUT2D eigenvalue weighted by molar-refractivity contribution is 0.00970. The van der Waals surface area contributed by atoms with Crippen LogP contribution in [0.3, 0.4) is 0 Å². The lowest BCUT2D eigenvalue weighted by Gasteiger charge is -2.45. The molecule has 1 saturated carbocycles. The summed E-state index contributed by atoms with van der Waals surface area (Å²) in [5.41, 5.74) is 0.753. The first kappa shape index (κ1) is 8.52. The normalized spacial score (nSPS) is 31.2. The van der Waals surface area contributed by atoms with Crippen LogP contribution in [-0.4, -0.2) is 35.7 Å². The van der Waals surface area contributed by atoms with Crippen molar-refractivity contribution in [2.45, 2.75) is 32.7 Å². The summed E-state index contributed by atoms with van der Waals surface area (Å²) in [4.78, 5) is 2.51. The fourth-order valence-corrected chi connectivity index (χ4v) is 2.11. The summed E-state index contributed by atoms with van der Waals surface area (Å²) in [7, 11) is 0. The quantitative estimate of drug-likeness (QED) is 0.684. The highest BCUT2D eigenvalue weighted by Gasteiger charge is 2.53. The lowest BCUT2D eigenvalue weighted by atomic mass is 9.91. The number of aliphatic hydroxyl groups is 1. The Hall–Kier alpha value is -0.0800. The molecule has 2 aliphatic rings. The molecule has 2 heteroatoms. The molecule has 1 spiro atoms. The largest absolute Gasteiger partial charge is 0.396 e. The molecule has 2 rings (SSSR count). The van der Waals surface area contributed by atoms with Crippen LogP contribution in [0.2, 0.25) is 0 Å². The summed E-state index contributed by atoms with van der Waals surface area (Å²) in [5, 5.41) is 8.99. The van der Waals surface area contributed by atoms with Crippen molar-refractivity contribution in [2.24, 2.45) is 11.3 Å². The molecule has 2 unspecified atom stereocenters. The van der Waals surface area contributed by atoms with Crippen LogP contribution in [-0.2, 0) is 0 Å². The van der Waals surface area contributed by atoms with Crippen LogP contribution in [0.15, 0.2) is 0 Å². The summed E-state index contributed by atoms with van der Waals surface area (Å²) in [5.74, 6) is 0.432. The van der Waals surface area contributed by atoms with E-state index in [1.54, 1.807) is 0 Å². The Labute approximate surface area is 74.6 Å². The van der Waals surface area contributed by atoms with E-state index < -0.39 is 0 Å². The van der Waals surface area contributed by atoms with Gasteiger partial charge in [0.15, 0.2) is 0 Å². The maximum absolute atomic E-state index is 8.99. The first-order valence-corrected chi connectivity index (χ1v) is 5.02. The van der Waals surface area contributed by atoms with Gasteiger partial charge >= 0.3 is 0 Å². The van der Waals surface area contributed by atoms with Gasteiger partial charge < -0.3 is 5.11 Å². The standard InChI is InChI=1S/C10H19NO/c1-8(5-12)9(2)11-6-10(7-11)3-4-10/h8-9,12H,3-7H2,1-2H3. The summed E-state index contributed by atoms with van der Waals surface area (Å²) in [6, 6.07) is 0.571. The minimum atomic E-state index is 0.324. The minimum Gasteiger partial charge on any atom is -0.396 e. The molecule has 12 heavy (non-hydrogen) atoms. The van der Waals surface area contributed by atoms with E-state index in [2.05, 4.69) is 18.7 Å². The maximum atomic E-state index is 8.99. The first-order valence-electron chi connectivity index (χ1n) is 5.02. The van der Waals surface area contributed by atoms with Gasteiger partial charge in [0.2, 0.25) is 0 Å². The Morgan fingerprint density at radius 1 is 1.33 bits per heavy atom. The highest BCUT2D eigenvalue weighted by Crippen LogP contribution is 2.53. The highest BCUT2D eigenvalue weighted by molar-refractivity contribution is 5.06. The van der Waals surface area contributed by atoms with Gasteiger partial charge in [0.05, 0.1) is 0 Å². The molecular formula is C10H19NO. The van der Waals surface area contributed by atoms with Crippen LogP contribution in [0.4, 0.5) is 0 Å². The lowest BCUT2D eigenvalue weighted by Crippen LogP contribution is -2.54. The highest BCUT2D eigenvalue weighted by atomic mass is 16.3. The van der Waals surface area contributed by atoms with E-state index in [-0.39, 0.29) is 0 Å². The predicted molar refractivity (Wildman–Crippen MR) is 49.0 cm³/mol. The number of hydrogen-bond donors (Lipinski definition) is 1. The van der Waals surface area contributed by atoms with Crippen molar-refractivity contribution in [3.63, 3.8) is 0 Å². The third-order valence-corrected chi connectivity index (χ3v) is 3.72. The second-order valence-corrected chi connectivity index (χ2v) is 4.81.